The predicted octanol–water partition coefficient (Wildman–Crippen LogP) is 4.29. The maximum atomic E-state index is 13.3. The van der Waals surface area contributed by atoms with E-state index < -0.39 is 10.0 Å². The molecule has 0 fully saturated rings. The molecule has 6 nitrogen and oxygen atoms in total. The molecule has 0 saturated carbocycles. The summed E-state index contributed by atoms with van der Waals surface area (Å²) in [4.78, 5) is 19.1. The molecule has 3 aromatic rings. The molecular formula is C25H27N3O3S. The second kappa shape index (κ2) is 8.39. The van der Waals surface area contributed by atoms with Gasteiger partial charge in [-0.1, -0.05) is 18.2 Å². The fourth-order valence-corrected chi connectivity index (χ4v) is 5.63. The molecule has 0 aliphatic carbocycles. The van der Waals surface area contributed by atoms with E-state index >= 15 is 0 Å². The lowest BCUT2D eigenvalue weighted by Crippen LogP contribution is -2.34. The van der Waals surface area contributed by atoms with Gasteiger partial charge in [0, 0.05) is 31.0 Å². The van der Waals surface area contributed by atoms with Crippen LogP contribution < -0.4 is 4.31 Å². The number of anilines is 1. The van der Waals surface area contributed by atoms with Crippen molar-refractivity contribution in [3.05, 3.63) is 83.7 Å². The van der Waals surface area contributed by atoms with E-state index in [4.69, 9.17) is 0 Å². The first-order valence-electron chi connectivity index (χ1n) is 10.6. The van der Waals surface area contributed by atoms with Crippen LogP contribution in [-0.2, 0) is 16.4 Å². The number of fused-ring (bicyclic) bond motifs is 1. The second-order valence-corrected chi connectivity index (χ2v) is 10.3. The van der Waals surface area contributed by atoms with Crippen LogP contribution in [0.4, 0.5) is 5.69 Å². The molecule has 1 amide bonds. The summed E-state index contributed by atoms with van der Waals surface area (Å²) >= 11 is 0. The standard InChI is InChI=1S/C25H27N3O3S/c1-17-14-23-16-22(8-9-24(23)28(17)32(4,30)31)25(29)27(3)18(2)20-6-5-7-21(15-20)19-10-12-26-13-11-19/h5-13,15-18H,14H2,1-4H3/t17-,18+/m0/s1. The zero-order valence-electron chi connectivity index (χ0n) is 18.7. The number of carbonyl (C=O) groups excluding carboxylic acids is 1. The molecule has 1 aromatic heterocycles. The van der Waals surface area contributed by atoms with Gasteiger partial charge in [0.25, 0.3) is 5.91 Å². The molecule has 166 valence electrons. The highest BCUT2D eigenvalue weighted by molar-refractivity contribution is 7.92. The molecule has 1 aliphatic heterocycles. The van der Waals surface area contributed by atoms with Crippen molar-refractivity contribution in [2.45, 2.75) is 32.4 Å². The highest BCUT2D eigenvalue weighted by atomic mass is 32.2. The van der Waals surface area contributed by atoms with Crippen LogP contribution in [-0.4, -0.2) is 43.6 Å². The van der Waals surface area contributed by atoms with Gasteiger partial charge in [-0.3, -0.25) is 14.1 Å². The summed E-state index contributed by atoms with van der Waals surface area (Å²) in [6, 6.07) is 17.1. The Morgan fingerprint density at radius 1 is 1.09 bits per heavy atom. The number of hydrogen-bond donors (Lipinski definition) is 0. The Labute approximate surface area is 189 Å². The predicted molar refractivity (Wildman–Crippen MR) is 127 cm³/mol. The van der Waals surface area contributed by atoms with E-state index in [0.717, 1.165) is 22.3 Å². The fraction of sp³-hybridized carbons (Fsp3) is 0.280. The third-order valence-corrected chi connectivity index (χ3v) is 7.39. The highest BCUT2D eigenvalue weighted by Crippen LogP contribution is 2.35. The molecule has 4 rings (SSSR count). The van der Waals surface area contributed by atoms with Gasteiger partial charge >= 0.3 is 0 Å². The molecular weight excluding hydrogens is 422 g/mol. The molecule has 32 heavy (non-hydrogen) atoms. The second-order valence-electron chi connectivity index (χ2n) is 8.41. The molecule has 2 atom stereocenters. The van der Waals surface area contributed by atoms with Crippen molar-refractivity contribution in [3.63, 3.8) is 0 Å². The van der Waals surface area contributed by atoms with E-state index in [0.29, 0.717) is 17.7 Å². The third kappa shape index (κ3) is 4.12. The fourth-order valence-electron chi connectivity index (χ4n) is 4.37. The van der Waals surface area contributed by atoms with E-state index in [1.54, 1.807) is 36.5 Å². The number of aromatic nitrogens is 1. The normalized spacial score (nSPS) is 16.5. The summed E-state index contributed by atoms with van der Waals surface area (Å²) in [6.45, 7) is 3.89. The van der Waals surface area contributed by atoms with E-state index in [9.17, 15) is 13.2 Å². The molecule has 7 heteroatoms. The molecule has 0 saturated heterocycles. The van der Waals surface area contributed by atoms with Crippen molar-refractivity contribution < 1.29 is 13.2 Å². The quantitative estimate of drug-likeness (QED) is 0.583. The number of nitrogens with zero attached hydrogens (tertiary/aromatic N) is 3. The zero-order chi connectivity index (χ0) is 23.0. The van der Waals surface area contributed by atoms with Gasteiger partial charge in [-0.25, -0.2) is 8.42 Å². The van der Waals surface area contributed by atoms with Crippen LogP contribution in [0.3, 0.4) is 0 Å². The molecule has 1 aliphatic rings. The van der Waals surface area contributed by atoms with Gasteiger partial charge < -0.3 is 4.90 Å². The lowest BCUT2D eigenvalue weighted by molar-refractivity contribution is 0.0742. The van der Waals surface area contributed by atoms with Crippen molar-refractivity contribution in [2.24, 2.45) is 0 Å². The largest absolute Gasteiger partial charge is 0.335 e. The Kier molecular flexibility index (Phi) is 5.77. The molecule has 2 heterocycles. The smallest absolute Gasteiger partial charge is 0.254 e. The molecule has 0 bridgehead atoms. The summed E-state index contributed by atoms with van der Waals surface area (Å²) in [5.41, 5.74) is 5.29. The maximum Gasteiger partial charge on any atom is 0.254 e. The Morgan fingerprint density at radius 2 is 1.81 bits per heavy atom. The minimum Gasteiger partial charge on any atom is -0.335 e. The molecule has 0 radical (unpaired) electrons. The van der Waals surface area contributed by atoms with Crippen molar-refractivity contribution >= 4 is 21.6 Å². The monoisotopic (exact) mass is 449 g/mol. The van der Waals surface area contributed by atoms with Crippen LogP contribution in [0.15, 0.2) is 67.0 Å². The van der Waals surface area contributed by atoms with Gasteiger partial charge in [-0.2, -0.15) is 0 Å². The Balaban J connectivity index is 1.58. The molecule has 0 spiro atoms. The number of benzene rings is 2. The van der Waals surface area contributed by atoms with Gasteiger partial charge in [-0.15, -0.1) is 0 Å². The minimum atomic E-state index is -3.36. The summed E-state index contributed by atoms with van der Waals surface area (Å²) in [5, 5.41) is 0. The topological polar surface area (TPSA) is 70.6 Å². The maximum absolute atomic E-state index is 13.3. The highest BCUT2D eigenvalue weighted by Gasteiger charge is 2.33. The summed E-state index contributed by atoms with van der Waals surface area (Å²) < 4.78 is 25.8. The Hall–Kier alpha value is -3.19. The number of hydrogen-bond acceptors (Lipinski definition) is 4. The van der Waals surface area contributed by atoms with Crippen LogP contribution >= 0.6 is 0 Å². The number of rotatable bonds is 5. The van der Waals surface area contributed by atoms with Gasteiger partial charge in [0.05, 0.1) is 18.0 Å². The lowest BCUT2D eigenvalue weighted by Gasteiger charge is -2.26. The summed E-state index contributed by atoms with van der Waals surface area (Å²) in [6.07, 6.45) is 5.34. The molecule has 2 aromatic carbocycles. The van der Waals surface area contributed by atoms with E-state index in [-0.39, 0.29) is 18.0 Å². The van der Waals surface area contributed by atoms with E-state index in [1.807, 2.05) is 50.2 Å². The number of carbonyl (C=O) groups is 1. The van der Waals surface area contributed by atoms with Crippen molar-refractivity contribution in [1.29, 1.82) is 0 Å². The Morgan fingerprint density at radius 3 is 2.50 bits per heavy atom. The number of pyridine rings is 1. The SMILES string of the molecule is C[C@H](c1cccc(-c2ccncc2)c1)N(C)C(=O)c1ccc2c(c1)C[C@H](C)N2S(C)(=O)=O. The average molecular weight is 450 g/mol. The van der Waals surface area contributed by atoms with Crippen molar-refractivity contribution in [2.75, 3.05) is 17.6 Å². The average Bonchev–Trinajstić information content (AvgIpc) is 3.13. The zero-order valence-corrected chi connectivity index (χ0v) is 19.5. The minimum absolute atomic E-state index is 0.0972. The van der Waals surface area contributed by atoms with Crippen molar-refractivity contribution in [3.8, 4) is 11.1 Å². The van der Waals surface area contributed by atoms with Crippen LogP contribution in [0.5, 0.6) is 0 Å². The van der Waals surface area contributed by atoms with E-state index in [2.05, 4.69) is 11.1 Å². The van der Waals surface area contributed by atoms with Crippen LogP contribution in [0, 0.1) is 0 Å². The van der Waals surface area contributed by atoms with Gasteiger partial charge in [0.2, 0.25) is 10.0 Å². The van der Waals surface area contributed by atoms with Crippen LogP contribution in [0.1, 0.15) is 41.4 Å². The van der Waals surface area contributed by atoms with Gasteiger partial charge in [0.1, 0.15) is 0 Å². The van der Waals surface area contributed by atoms with Gasteiger partial charge in [0.15, 0.2) is 0 Å². The summed E-state index contributed by atoms with van der Waals surface area (Å²) in [5.74, 6) is -0.0972. The molecule has 0 N–H and O–H groups in total. The van der Waals surface area contributed by atoms with Crippen LogP contribution in [0.2, 0.25) is 0 Å². The third-order valence-electron chi connectivity index (χ3n) is 6.12. The number of amides is 1. The van der Waals surface area contributed by atoms with Crippen molar-refractivity contribution in [1.82, 2.24) is 9.88 Å². The van der Waals surface area contributed by atoms with Gasteiger partial charge in [-0.05, 0) is 78.9 Å². The van der Waals surface area contributed by atoms with Crippen LogP contribution in [0.25, 0.3) is 11.1 Å². The first-order valence-corrected chi connectivity index (χ1v) is 12.4. The lowest BCUT2D eigenvalue weighted by atomic mass is 9.99. The first kappa shape index (κ1) is 22.0. The molecule has 0 unspecified atom stereocenters. The van der Waals surface area contributed by atoms with E-state index in [1.165, 1.54) is 10.6 Å². The first-order chi connectivity index (χ1) is 15.2. The number of sulfonamides is 1. The summed E-state index contributed by atoms with van der Waals surface area (Å²) in [7, 11) is -1.56. The Bertz CT molecular complexity index is 1260.